The molecule has 0 saturated carbocycles. The molecule has 1 amide bonds. The average Bonchev–Trinajstić information content (AvgIpc) is 3.29. The van der Waals surface area contributed by atoms with Crippen LogP contribution in [0, 0.1) is 0 Å². The number of esters is 1. The molecule has 0 bridgehead atoms. The van der Waals surface area contributed by atoms with Gasteiger partial charge in [-0.15, -0.1) is 0 Å². The van der Waals surface area contributed by atoms with Crippen molar-refractivity contribution >= 4 is 28.8 Å². The third-order valence-corrected chi connectivity index (χ3v) is 7.84. The Hall–Kier alpha value is -3.52. The zero-order valence-corrected chi connectivity index (χ0v) is 22.1. The molecule has 2 aliphatic heterocycles. The molecule has 0 fully saturated rings. The van der Waals surface area contributed by atoms with E-state index in [0.717, 1.165) is 35.7 Å². The van der Waals surface area contributed by atoms with E-state index in [1.54, 1.807) is 14.0 Å². The SMILES string of the molecule is CCOC(=O)C1=C(C)N=C2SC=C(CC(=O)N[C@@H]3CCCc4ccccc43)N2[C@H]1c1cccc(OC)c1. The molecular weight excluding hydrogens is 486 g/mol. The van der Waals surface area contributed by atoms with Gasteiger partial charge in [0.15, 0.2) is 5.17 Å². The van der Waals surface area contributed by atoms with E-state index in [0.29, 0.717) is 17.0 Å². The first-order chi connectivity index (χ1) is 18.0. The van der Waals surface area contributed by atoms with Crippen molar-refractivity contribution in [2.75, 3.05) is 13.7 Å². The Kier molecular flexibility index (Phi) is 7.37. The number of allylic oxidation sites excluding steroid dienone is 1. The number of hydrogen-bond donors (Lipinski definition) is 1. The number of nitrogens with zero attached hydrogens (tertiary/aromatic N) is 2. The van der Waals surface area contributed by atoms with Gasteiger partial charge < -0.3 is 19.7 Å². The molecule has 1 N–H and O–H groups in total. The second-order valence-electron chi connectivity index (χ2n) is 9.28. The van der Waals surface area contributed by atoms with Crippen molar-refractivity contribution in [3.8, 4) is 5.75 Å². The molecule has 8 heteroatoms. The summed E-state index contributed by atoms with van der Waals surface area (Å²) in [5.41, 5.74) is 5.25. The maximum Gasteiger partial charge on any atom is 0.338 e. The van der Waals surface area contributed by atoms with Gasteiger partial charge in [0.1, 0.15) is 5.75 Å². The van der Waals surface area contributed by atoms with Gasteiger partial charge in [0.05, 0.1) is 43.5 Å². The van der Waals surface area contributed by atoms with Gasteiger partial charge in [0, 0.05) is 5.70 Å². The van der Waals surface area contributed by atoms with E-state index in [9.17, 15) is 9.59 Å². The molecule has 0 saturated heterocycles. The predicted molar refractivity (Wildman–Crippen MR) is 145 cm³/mol. The van der Waals surface area contributed by atoms with Crippen molar-refractivity contribution in [2.45, 2.75) is 51.6 Å². The Labute approximate surface area is 221 Å². The second kappa shape index (κ2) is 10.8. The predicted octanol–water partition coefficient (Wildman–Crippen LogP) is 5.42. The second-order valence-corrected chi connectivity index (χ2v) is 10.1. The van der Waals surface area contributed by atoms with Gasteiger partial charge in [-0.2, -0.15) is 0 Å². The summed E-state index contributed by atoms with van der Waals surface area (Å²) in [6.07, 6.45) is 3.20. The number of ether oxygens (including phenoxy) is 2. The fourth-order valence-electron chi connectivity index (χ4n) is 5.28. The summed E-state index contributed by atoms with van der Waals surface area (Å²) in [7, 11) is 1.62. The quantitative estimate of drug-likeness (QED) is 0.494. The van der Waals surface area contributed by atoms with Crippen molar-refractivity contribution in [2.24, 2.45) is 4.99 Å². The number of benzene rings is 2. The molecule has 192 valence electrons. The van der Waals surface area contributed by atoms with Crippen LogP contribution < -0.4 is 10.1 Å². The van der Waals surface area contributed by atoms with Crippen LogP contribution in [0.2, 0.25) is 0 Å². The monoisotopic (exact) mass is 517 g/mol. The number of fused-ring (bicyclic) bond motifs is 2. The highest BCUT2D eigenvalue weighted by Gasteiger charge is 2.41. The summed E-state index contributed by atoms with van der Waals surface area (Å²) in [6.45, 7) is 3.88. The summed E-state index contributed by atoms with van der Waals surface area (Å²) in [6, 6.07) is 15.5. The number of amidine groups is 1. The first-order valence-electron chi connectivity index (χ1n) is 12.6. The third kappa shape index (κ3) is 5.03. The summed E-state index contributed by atoms with van der Waals surface area (Å²) in [5, 5.41) is 5.95. The molecule has 2 aromatic carbocycles. The molecule has 7 nitrogen and oxygen atoms in total. The van der Waals surface area contributed by atoms with E-state index in [4.69, 9.17) is 14.5 Å². The van der Waals surface area contributed by atoms with Gasteiger partial charge in [0.25, 0.3) is 0 Å². The van der Waals surface area contributed by atoms with E-state index < -0.39 is 12.0 Å². The summed E-state index contributed by atoms with van der Waals surface area (Å²) < 4.78 is 10.9. The number of carbonyl (C=O) groups excluding carboxylic acids is 2. The Balaban J connectivity index is 1.43. The number of aryl methyl sites for hydroxylation is 1. The fourth-order valence-corrected chi connectivity index (χ4v) is 6.24. The van der Waals surface area contributed by atoms with Crippen LogP contribution in [0.4, 0.5) is 0 Å². The molecule has 37 heavy (non-hydrogen) atoms. The lowest BCUT2D eigenvalue weighted by Gasteiger charge is -2.36. The number of amides is 1. The largest absolute Gasteiger partial charge is 0.497 e. The topological polar surface area (TPSA) is 80.2 Å². The lowest BCUT2D eigenvalue weighted by molar-refractivity contribution is -0.139. The molecule has 3 aliphatic rings. The highest BCUT2D eigenvalue weighted by atomic mass is 32.2. The van der Waals surface area contributed by atoms with E-state index in [2.05, 4.69) is 23.5 Å². The maximum absolute atomic E-state index is 13.3. The summed E-state index contributed by atoms with van der Waals surface area (Å²) in [4.78, 5) is 33.2. The maximum atomic E-state index is 13.3. The van der Waals surface area contributed by atoms with E-state index in [-0.39, 0.29) is 25.0 Å². The van der Waals surface area contributed by atoms with Gasteiger partial charge in [-0.25, -0.2) is 9.79 Å². The minimum atomic E-state index is -0.480. The van der Waals surface area contributed by atoms with Crippen LogP contribution in [0.1, 0.15) is 61.9 Å². The van der Waals surface area contributed by atoms with Gasteiger partial charge in [0.2, 0.25) is 5.91 Å². The number of aliphatic imine (C=N–C) groups is 1. The Morgan fingerprint density at radius 2 is 2.03 bits per heavy atom. The molecule has 0 aromatic heterocycles. The van der Waals surface area contributed by atoms with E-state index >= 15 is 0 Å². The fraction of sp³-hybridized carbons (Fsp3) is 0.345. The van der Waals surface area contributed by atoms with Gasteiger partial charge in [-0.05, 0) is 67.3 Å². The number of thioether (sulfide) groups is 1. The summed E-state index contributed by atoms with van der Waals surface area (Å²) in [5.74, 6) is 0.229. The molecule has 2 heterocycles. The van der Waals surface area contributed by atoms with Gasteiger partial charge in [-0.1, -0.05) is 48.2 Å². The first-order valence-corrected chi connectivity index (χ1v) is 13.5. The Morgan fingerprint density at radius 1 is 1.19 bits per heavy atom. The molecular formula is C29H31N3O4S. The third-order valence-electron chi connectivity index (χ3n) is 6.95. The number of carbonyl (C=O) groups is 2. The van der Waals surface area contributed by atoms with Gasteiger partial charge >= 0.3 is 5.97 Å². The average molecular weight is 518 g/mol. The zero-order valence-electron chi connectivity index (χ0n) is 21.3. The van der Waals surface area contributed by atoms with Crippen molar-refractivity contribution < 1.29 is 19.1 Å². The van der Waals surface area contributed by atoms with Crippen molar-refractivity contribution in [3.63, 3.8) is 0 Å². The lowest BCUT2D eigenvalue weighted by Crippen LogP contribution is -2.38. The van der Waals surface area contributed by atoms with Crippen LogP contribution in [0.15, 0.2) is 75.9 Å². The Morgan fingerprint density at radius 3 is 2.84 bits per heavy atom. The normalized spacial score (nSPS) is 20.5. The van der Waals surface area contributed by atoms with E-state index in [1.165, 1.54) is 22.9 Å². The molecule has 0 unspecified atom stereocenters. The van der Waals surface area contributed by atoms with Crippen LogP contribution in [0.3, 0.4) is 0 Å². The molecule has 2 atom stereocenters. The number of nitrogens with one attached hydrogen (secondary N) is 1. The standard InChI is InChI=1S/C29H31N3O4S/c1-4-36-28(34)26-18(2)30-29-32(27(26)20-11-7-12-22(15-20)35-3)21(17-37-29)16-25(33)31-24-14-8-10-19-9-5-6-13-23(19)24/h5-7,9,11-13,15,17,24,27H,4,8,10,14,16H2,1-3H3,(H,31,33)/t24-,27+/m1/s1. The van der Waals surface area contributed by atoms with Gasteiger partial charge in [-0.3, -0.25) is 4.79 Å². The van der Waals surface area contributed by atoms with Crippen molar-refractivity contribution in [1.82, 2.24) is 10.2 Å². The van der Waals surface area contributed by atoms with Crippen LogP contribution >= 0.6 is 11.8 Å². The van der Waals surface area contributed by atoms with E-state index in [1.807, 2.05) is 47.6 Å². The minimum absolute atomic E-state index is 0.00742. The number of methoxy groups -OCH3 is 1. The number of hydrogen-bond acceptors (Lipinski definition) is 7. The van der Waals surface area contributed by atoms with Crippen LogP contribution in [-0.4, -0.2) is 35.7 Å². The smallest absolute Gasteiger partial charge is 0.338 e. The zero-order chi connectivity index (χ0) is 25.9. The highest BCUT2D eigenvalue weighted by molar-refractivity contribution is 8.16. The van der Waals surface area contributed by atoms with Crippen LogP contribution in [0.25, 0.3) is 0 Å². The van der Waals surface area contributed by atoms with Crippen molar-refractivity contribution in [3.05, 3.63) is 87.6 Å². The lowest BCUT2D eigenvalue weighted by atomic mass is 9.87. The highest BCUT2D eigenvalue weighted by Crippen LogP contribution is 2.45. The molecule has 5 rings (SSSR count). The van der Waals surface area contributed by atoms with Crippen LogP contribution in [0.5, 0.6) is 5.75 Å². The molecule has 0 radical (unpaired) electrons. The Bertz CT molecular complexity index is 1320. The minimum Gasteiger partial charge on any atom is -0.497 e. The molecule has 2 aromatic rings. The first kappa shape index (κ1) is 25.1. The summed E-state index contributed by atoms with van der Waals surface area (Å²) >= 11 is 1.47. The van der Waals surface area contributed by atoms with Crippen LogP contribution in [-0.2, 0) is 20.7 Å². The molecule has 1 aliphatic carbocycles. The molecule has 0 spiro atoms. The number of rotatable bonds is 7. The van der Waals surface area contributed by atoms with Crippen molar-refractivity contribution in [1.29, 1.82) is 0 Å².